The molecular formula is C13H14BrN3O2S2. The number of thioether (sulfide) groups is 1. The second kappa shape index (κ2) is 8.47. The Bertz CT molecular complexity index is 589. The zero-order chi connectivity index (χ0) is 15.1. The molecule has 1 aromatic carbocycles. The van der Waals surface area contributed by atoms with Gasteiger partial charge in [-0.1, -0.05) is 51.2 Å². The van der Waals surface area contributed by atoms with Crippen LogP contribution in [0.4, 0.5) is 5.13 Å². The number of hydrogen-bond donors (Lipinski definition) is 1. The Balaban J connectivity index is 1.82. The smallest absolute Gasteiger partial charge is 0.206 e. The van der Waals surface area contributed by atoms with Gasteiger partial charge >= 0.3 is 0 Å². The molecule has 8 heteroatoms. The number of nitrogens with zero attached hydrogens (tertiary/aromatic N) is 2. The Hall–Kier alpha value is -0.960. The summed E-state index contributed by atoms with van der Waals surface area (Å²) in [5, 5.41) is 11.9. The fraction of sp³-hybridized carbons (Fsp3) is 0.308. The lowest BCUT2D eigenvalue weighted by molar-refractivity contribution is 0.102. The van der Waals surface area contributed by atoms with E-state index in [1.54, 1.807) is 7.11 Å². The molecule has 0 saturated carbocycles. The van der Waals surface area contributed by atoms with Gasteiger partial charge in [0, 0.05) is 23.7 Å². The van der Waals surface area contributed by atoms with Crippen molar-refractivity contribution in [2.75, 3.05) is 31.3 Å². The molecule has 0 fully saturated rings. The standard InChI is InChI=1S/C13H14BrN3O2S2/c1-19-7-6-15-12-16-17-13(21-12)20-8-11(18)9-2-4-10(14)5-3-9/h2-5H,6-8H2,1H3,(H,15,16). The van der Waals surface area contributed by atoms with Gasteiger partial charge in [-0.3, -0.25) is 4.79 Å². The average molecular weight is 388 g/mol. The lowest BCUT2D eigenvalue weighted by atomic mass is 10.2. The molecule has 21 heavy (non-hydrogen) atoms. The van der Waals surface area contributed by atoms with Gasteiger partial charge in [-0.15, -0.1) is 10.2 Å². The summed E-state index contributed by atoms with van der Waals surface area (Å²) in [7, 11) is 1.65. The molecule has 1 N–H and O–H groups in total. The van der Waals surface area contributed by atoms with Gasteiger partial charge in [0.2, 0.25) is 5.13 Å². The summed E-state index contributed by atoms with van der Waals surface area (Å²) in [6.45, 7) is 1.30. The number of aromatic nitrogens is 2. The highest BCUT2D eigenvalue weighted by Gasteiger charge is 2.10. The molecule has 0 aliphatic carbocycles. The normalized spacial score (nSPS) is 10.6. The van der Waals surface area contributed by atoms with E-state index in [9.17, 15) is 4.79 Å². The predicted molar refractivity (Wildman–Crippen MR) is 89.5 cm³/mol. The number of methoxy groups -OCH3 is 1. The molecule has 0 spiro atoms. The van der Waals surface area contributed by atoms with E-state index < -0.39 is 0 Å². The molecule has 112 valence electrons. The first-order chi connectivity index (χ1) is 10.2. The molecule has 2 rings (SSSR count). The molecule has 1 heterocycles. The Kier molecular flexibility index (Phi) is 6.62. The quantitative estimate of drug-likeness (QED) is 0.425. The van der Waals surface area contributed by atoms with Crippen molar-refractivity contribution in [2.45, 2.75) is 4.34 Å². The van der Waals surface area contributed by atoms with Crippen LogP contribution in [0.25, 0.3) is 0 Å². The molecule has 0 bridgehead atoms. The molecule has 0 aliphatic heterocycles. The van der Waals surface area contributed by atoms with Gasteiger partial charge in [0.1, 0.15) is 0 Å². The summed E-state index contributed by atoms with van der Waals surface area (Å²) in [6.07, 6.45) is 0. The van der Waals surface area contributed by atoms with Crippen LogP contribution >= 0.6 is 39.0 Å². The second-order valence-corrected chi connectivity index (χ2v) is 7.13. The van der Waals surface area contributed by atoms with Gasteiger partial charge in [0.25, 0.3) is 0 Å². The number of nitrogens with one attached hydrogen (secondary N) is 1. The van der Waals surface area contributed by atoms with Gasteiger partial charge < -0.3 is 10.1 Å². The molecule has 5 nitrogen and oxygen atoms in total. The highest BCUT2D eigenvalue weighted by molar-refractivity contribution is 9.10. The average Bonchev–Trinajstić information content (AvgIpc) is 2.94. The first-order valence-electron chi connectivity index (χ1n) is 6.17. The van der Waals surface area contributed by atoms with Gasteiger partial charge in [0.15, 0.2) is 10.1 Å². The number of Topliss-reactive ketones (excluding diaryl/α,β-unsaturated/α-hetero) is 1. The lowest BCUT2D eigenvalue weighted by Crippen LogP contribution is -2.06. The third-order valence-electron chi connectivity index (χ3n) is 2.48. The maximum Gasteiger partial charge on any atom is 0.206 e. The van der Waals surface area contributed by atoms with Crippen LogP contribution in [0.2, 0.25) is 0 Å². The Labute approximate surface area is 139 Å². The van der Waals surface area contributed by atoms with Crippen molar-refractivity contribution >= 4 is 49.9 Å². The summed E-state index contributed by atoms with van der Waals surface area (Å²) in [4.78, 5) is 12.0. The van der Waals surface area contributed by atoms with E-state index >= 15 is 0 Å². The summed E-state index contributed by atoms with van der Waals surface area (Å²) in [5.74, 6) is 0.436. The molecule has 0 amide bonds. The van der Waals surface area contributed by atoms with Gasteiger partial charge in [0.05, 0.1) is 12.4 Å². The van der Waals surface area contributed by atoms with Crippen LogP contribution in [0.1, 0.15) is 10.4 Å². The summed E-state index contributed by atoms with van der Waals surface area (Å²) in [6, 6.07) is 7.34. The van der Waals surface area contributed by atoms with Crippen molar-refractivity contribution in [3.05, 3.63) is 34.3 Å². The van der Waals surface area contributed by atoms with Crippen molar-refractivity contribution in [1.29, 1.82) is 0 Å². The van der Waals surface area contributed by atoms with Crippen molar-refractivity contribution in [3.8, 4) is 0 Å². The van der Waals surface area contributed by atoms with E-state index in [0.717, 1.165) is 13.9 Å². The zero-order valence-electron chi connectivity index (χ0n) is 11.3. The van der Waals surface area contributed by atoms with Crippen molar-refractivity contribution < 1.29 is 9.53 Å². The number of halogens is 1. The van der Waals surface area contributed by atoms with Crippen molar-refractivity contribution in [1.82, 2.24) is 10.2 Å². The molecule has 0 saturated heterocycles. The van der Waals surface area contributed by atoms with Crippen LogP contribution in [0.3, 0.4) is 0 Å². The third-order valence-corrected chi connectivity index (χ3v) is 5.02. The minimum absolute atomic E-state index is 0.0802. The molecule has 0 atom stereocenters. The second-order valence-electron chi connectivity index (χ2n) is 4.01. The van der Waals surface area contributed by atoms with E-state index in [1.807, 2.05) is 24.3 Å². The fourth-order valence-corrected chi connectivity index (χ4v) is 3.38. The maximum absolute atomic E-state index is 12.0. The molecular weight excluding hydrogens is 374 g/mol. The van der Waals surface area contributed by atoms with Gasteiger partial charge in [-0.2, -0.15) is 0 Å². The van der Waals surface area contributed by atoms with Crippen LogP contribution in [0.15, 0.2) is 33.1 Å². The number of carbonyl (C=O) groups is 1. The first-order valence-corrected chi connectivity index (χ1v) is 8.76. The highest BCUT2D eigenvalue weighted by Crippen LogP contribution is 2.26. The van der Waals surface area contributed by atoms with Gasteiger partial charge in [-0.05, 0) is 12.1 Å². The Morgan fingerprint density at radius 1 is 1.38 bits per heavy atom. The molecule has 0 aliphatic rings. The topological polar surface area (TPSA) is 64.1 Å². The largest absolute Gasteiger partial charge is 0.383 e. The minimum Gasteiger partial charge on any atom is -0.383 e. The monoisotopic (exact) mass is 387 g/mol. The van der Waals surface area contributed by atoms with Crippen LogP contribution in [-0.2, 0) is 4.74 Å². The van der Waals surface area contributed by atoms with Crippen molar-refractivity contribution in [2.24, 2.45) is 0 Å². The van der Waals surface area contributed by atoms with Crippen LogP contribution < -0.4 is 5.32 Å². The predicted octanol–water partition coefficient (Wildman–Crippen LogP) is 3.33. The minimum atomic E-state index is 0.0802. The maximum atomic E-state index is 12.0. The zero-order valence-corrected chi connectivity index (χ0v) is 14.6. The number of benzene rings is 1. The molecule has 0 radical (unpaired) electrons. The summed E-state index contributed by atoms with van der Waals surface area (Å²) in [5.41, 5.74) is 0.702. The summed E-state index contributed by atoms with van der Waals surface area (Å²) < 4.78 is 6.69. The number of ether oxygens (including phenoxy) is 1. The van der Waals surface area contributed by atoms with E-state index in [-0.39, 0.29) is 5.78 Å². The van der Waals surface area contributed by atoms with Crippen molar-refractivity contribution in [3.63, 3.8) is 0 Å². The van der Waals surface area contributed by atoms with Crippen LogP contribution in [0, 0.1) is 0 Å². The third kappa shape index (κ3) is 5.39. The van der Waals surface area contributed by atoms with Crippen LogP contribution in [-0.4, -0.2) is 42.0 Å². The summed E-state index contributed by atoms with van der Waals surface area (Å²) >= 11 is 6.19. The van der Waals surface area contributed by atoms with E-state index in [4.69, 9.17) is 4.74 Å². The van der Waals surface area contributed by atoms with E-state index in [0.29, 0.717) is 24.5 Å². The SMILES string of the molecule is COCCNc1nnc(SCC(=O)c2ccc(Br)cc2)s1. The number of anilines is 1. The number of carbonyl (C=O) groups excluding carboxylic acids is 1. The molecule has 1 aromatic heterocycles. The van der Waals surface area contributed by atoms with E-state index in [1.165, 1.54) is 23.1 Å². The number of rotatable bonds is 8. The number of hydrogen-bond acceptors (Lipinski definition) is 7. The van der Waals surface area contributed by atoms with E-state index in [2.05, 4.69) is 31.4 Å². The Morgan fingerprint density at radius 2 is 2.14 bits per heavy atom. The van der Waals surface area contributed by atoms with Gasteiger partial charge in [-0.25, -0.2) is 0 Å². The molecule has 2 aromatic rings. The lowest BCUT2D eigenvalue weighted by Gasteiger charge is -1.99. The molecule has 0 unspecified atom stereocenters. The highest BCUT2D eigenvalue weighted by atomic mass is 79.9. The van der Waals surface area contributed by atoms with Crippen LogP contribution in [0.5, 0.6) is 0 Å². The fourth-order valence-electron chi connectivity index (χ4n) is 1.45. The number of ketones is 1. The Morgan fingerprint density at radius 3 is 2.86 bits per heavy atom. The first kappa shape index (κ1) is 16.4.